The van der Waals surface area contributed by atoms with E-state index in [4.69, 9.17) is 4.74 Å². The fourth-order valence-electron chi connectivity index (χ4n) is 0.477. The summed E-state index contributed by atoms with van der Waals surface area (Å²) in [5.41, 5.74) is 2.65. The average Bonchev–Trinajstić information content (AvgIpc) is 1.68. The molecule has 0 amide bonds. The van der Waals surface area contributed by atoms with E-state index in [2.05, 4.69) is 12.3 Å². The molecule has 1 unspecified atom stereocenters. The molecule has 0 aromatic rings. The highest BCUT2D eigenvalue weighted by Gasteiger charge is 1.89. The minimum absolute atomic E-state index is 0.164. The second-order valence-electron chi connectivity index (χ2n) is 1.53. The smallest absolute Gasteiger partial charge is 0.0800 e. The topological polar surface area (TPSA) is 9.23 Å². The first-order valence-corrected chi connectivity index (χ1v) is 2.78. The summed E-state index contributed by atoms with van der Waals surface area (Å²) in [4.78, 5) is 0. The lowest BCUT2D eigenvalue weighted by atomic mass is 10.4. The predicted molar refractivity (Wildman–Crippen MR) is 34.8 cm³/mol. The van der Waals surface area contributed by atoms with E-state index >= 15 is 0 Å². The van der Waals surface area contributed by atoms with Crippen molar-refractivity contribution < 1.29 is 4.74 Å². The van der Waals surface area contributed by atoms with E-state index in [0.29, 0.717) is 0 Å². The summed E-state index contributed by atoms with van der Waals surface area (Å²) in [7, 11) is 0. The van der Waals surface area contributed by atoms with Crippen LogP contribution in [0.1, 0.15) is 13.8 Å². The molecule has 0 aliphatic rings. The van der Waals surface area contributed by atoms with Crippen LogP contribution in [0.3, 0.4) is 0 Å². The Morgan fingerprint density at radius 3 is 2.88 bits per heavy atom. The van der Waals surface area contributed by atoms with E-state index in [1.165, 1.54) is 0 Å². The van der Waals surface area contributed by atoms with Crippen LogP contribution in [-0.2, 0) is 4.74 Å². The summed E-state index contributed by atoms with van der Waals surface area (Å²) >= 11 is 0. The fourth-order valence-corrected chi connectivity index (χ4v) is 0.477. The molecule has 1 nitrogen and oxygen atoms in total. The summed E-state index contributed by atoms with van der Waals surface area (Å²) in [6, 6.07) is 0. The Balaban J connectivity index is 3.31. The van der Waals surface area contributed by atoms with Crippen LogP contribution in [0.4, 0.5) is 0 Å². The molecule has 0 bridgehead atoms. The highest BCUT2D eigenvalue weighted by Crippen LogP contribution is 1.88. The maximum Gasteiger partial charge on any atom is 0.0800 e. The van der Waals surface area contributed by atoms with E-state index in [0.717, 1.165) is 6.61 Å². The SMILES string of the molecule is C=C=CC(C)OCC. The molecule has 0 radical (unpaired) electrons. The average molecular weight is 112 g/mol. The molecular formula is C7H12O. The Morgan fingerprint density at radius 2 is 2.50 bits per heavy atom. The first kappa shape index (κ1) is 7.48. The normalized spacial score (nSPS) is 12.2. The van der Waals surface area contributed by atoms with Crippen molar-refractivity contribution >= 4 is 0 Å². The van der Waals surface area contributed by atoms with Crippen LogP contribution >= 0.6 is 0 Å². The fraction of sp³-hybridized carbons (Fsp3) is 0.571. The molecule has 0 heterocycles. The standard InChI is InChI=1S/C7H12O/c1-4-6-7(3)8-5-2/h6-7H,1,5H2,2-3H3. The van der Waals surface area contributed by atoms with Crippen LogP contribution in [0.25, 0.3) is 0 Å². The Morgan fingerprint density at radius 1 is 1.88 bits per heavy atom. The van der Waals surface area contributed by atoms with Crippen molar-refractivity contribution in [3.8, 4) is 0 Å². The van der Waals surface area contributed by atoms with E-state index in [-0.39, 0.29) is 6.10 Å². The van der Waals surface area contributed by atoms with Gasteiger partial charge in [0.15, 0.2) is 0 Å². The van der Waals surface area contributed by atoms with Crippen LogP contribution in [0.2, 0.25) is 0 Å². The number of ether oxygens (including phenoxy) is 1. The molecule has 0 aliphatic carbocycles. The summed E-state index contributed by atoms with van der Waals surface area (Å²) in [6.45, 7) is 8.10. The highest BCUT2D eigenvalue weighted by molar-refractivity contribution is 4.82. The van der Waals surface area contributed by atoms with Gasteiger partial charge in [0, 0.05) is 6.61 Å². The van der Waals surface area contributed by atoms with Gasteiger partial charge in [0.05, 0.1) is 6.10 Å². The van der Waals surface area contributed by atoms with Gasteiger partial charge in [0.1, 0.15) is 0 Å². The van der Waals surface area contributed by atoms with Crippen molar-refractivity contribution in [2.45, 2.75) is 20.0 Å². The van der Waals surface area contributed by atoms with Crippen LogP contribution in [0.15, 0.2) is 18.4 Å². The van der Waals surface area contributed by atoms with Crippen LogP contribution in [0, 0.1) is 0 Å². The summed E-state index contributed by atoms with van der Waals surface area (Å²) in [5.74, 6) is 0. The van der Waals surface area contributed by atoms with Gasteiger partial charge in [-0.15, -0.1) is 5.73 Å². The first-order valence-electron chi connectivity index (χ1n) is 2.78. The Kier molecular flexibility index (Phi) is 4.33. The lowest BCUT2D eigenvalue weighted by Crippen LogP contribution is -2.02. The third kappa shape index (κ3) is 3.66. The lowest BCUT2D eigenvalue weighted by molar-refractivity contribution is 0.110. The molecule has 0 aromatic heterocycles. The predicted octanol–water partition coefficient (Wildman–Crippen LogP) is 1.75. The van der Waals surface area contributed by atoms with Crippen molar-refractivity contribution in [1.82, 2.24) is 0 Å². The maximum atomic E-state index is 5.12. The van der Waals surface area contributed by atoms with E-state index in [1.807, 2.05) is 13.8 Å². The molecule has 0 spiro atoms. The Bertz CT molecular complexity index is 90.6. The second-order valence-corrected chi connectivity index (χ2v) is 1.53. The van der Waals surface area contributed by atoms with Gasteiger partial charge >= 0.3 is 0 Å². The van der Waals surface area contributed by atoms with Crippen molar-refractivity contribution in [1.29, 1.82) is 0 Å². The Hall–Kier alpha value is -0.520. The molecule has 1 atom stereocenters. The summed E-state index contributed by atoms with van der Waals surface area (Å²) in [6.07, 6.45) is 1.96. The third-order valence-corrected chi connectivity index (χ3v) is 0.782. The van der Waals surface area contributed by atoms with E-state index < -0.39 is 0 Å². The molecule has 1 heteroatoms. The van der Waals surface area contributed by atoms with Gasteiger partial charge in [0.2, 0.25) is 0 Å². The summed E-state index contributed by atoms with van der Waals surface area (Å²) in [5, 5.41) is 0. The molecule has 0 aromatic carbocycles. The Labute approximate surface area is 50.7 Å². The zero-order valence-corrected chi connectivity index (χ0v) is 5.48. The van der Waals surface area contributed by atoms with E-state index in [1.54, 1.807) is 6.08 Å². The van der Waals surface area contributed by atoms with Gasteiger partial charge in [-0.25, -0.2) is 0 Å². The molecule has 0 saturated heterocycles. The minimum atomic E-state index is 0.164. The van der Waals surface area contributed by atoms with Gasteiger partial charge in [-0.3, -0.25) is 0 Å². The molecule has 0 saturated carbocycles. The molecule has 0 aliphatic heterocycles. The van der Waals surface area contributed by atoms with Gasteiger partial charge in [-0.05, 0) is 19.9 Å². The van der Waals surface area contributed by atoms with Gasteiger partial charge in [-0.2, -0.15) is 0 Å². The van der Waals surface area contributed by atoms with Crippen molar-refractivity contribution in [3.63, 3.8) is 0 Å². The number of rotatable bonds is 3. The summed E-state index contributed by atoms with van der Waals surface area (Å²) < 4.78 is 5.12. The van der Waals surface area contributed by atoms with Crippen molar-refractivity contribution in [2.75, 3.05) is 6.61 Å². The quantitative estimate of drug-likeness (QED) is 0.505. The highest BCUT2D eigenvalue weighted by atomic mass is 16.5. The van der Waals surface area contributed by atoms with Crippen LogP contribution < -0.4 is 0 Å². The van der Waals surface area contributed by atoms with E-state index in [9.17, 15) is 0 Å². The molecule has 0 N–H and O–H groups in total. The molecule has 46 valence electrons. The number of hydrogen-bond donors (Lipinski definition) is 0. The largest absolute Gasteiger partial charge is 0.374 e. The van der Waals surface area contributed by atoms with Crippen LogP contribution in [-0.4, -0.2) is 12.7 Å². The zero-order valence-electron chi connectivity index (χ0n) is 5.48. The number of hydrogen-bond acceptors (Lipinski definition) is 1. The lowest BCUT2D eigenvalue weighted by Gasteiger charge is -2.01. The van der Waals surface area contributed by atoms with Crippen molar-refractivity contribution in [2.24, 2.45) is 0 Å². The van der Waals surface area contributed by atoms with Crippen molar-refractivity contribution in [3.05, 3.63) is 18.4 Å². The maximum absolute atomic E-state index is 5.12. The zero-order chi connectivity index (χ0) is 6.41. The monoisotopic (exact) mass is 112 g/mol. The molecule has 0 fully saturated rings. The molecule has 8 heavy (non-hydrogen) atoms. The third-order valence-electron chi connectivity index (χ3n) is 0.782. The van der Waals surface area contributed by atoms with Gasteiger partial charge < -0.3 is 4.74 Å². The minimum Gasteiger partial charge on any atom is -0.374 e. The van der Waals surface area contributed by atoms with Gasteiger partial charge in [0.25, 0.3) is 0 Å². The van der Waals surface area contributed by atoms with Gasteiger partial charge in [-0.1, -0.05) is 6.58 Å². The molecular weight excluding hydrogens is 100 g/mol. The molecule has 0 rings (SSSR count). The first-order chi connectivity index (χ1) is 3.81. The second kappa shape index (κ2) is 4.63. The van der Waals surface area contributed by atoms with Crippen LogP contribution in [0.5, 0.6) is 0 Å².